The van der Waals surface area contributed by atoms with Crippen LogP contribution in [-0.2, 0) is 32.7 Å². The van der Waals surface area contributed by atoms with Crippen LogP contribution in [0.3, 0.4) is 0 Å². The van der Waals surface area contributed by atoms with E-state index in [-0.39, 0.29) is 26.1 Å². The molecule has 10 heteroatoms. The highest BCUT2D eigenvalue weighted by Crippen LogP contribution is 2.43. The van der Waals surface area contributed by atoms with Crippen molar-refractivity contribution in [1.29, 1.82) is 0 Å². The summed E-state index contributed by atoms with van der Waals surface area (Å²) in [4.78, 5) is 35.8. The van der Waals surface area contributed by atoms with Crippen molar-refractivity contribution in [2.24, 2.45) is 0 Å². The number of carbonyl (C=O) groups is 2. The van der Waals surface area contributed by atoms with Crippen LogP contribution < -0.4 is 0 Å². The van der Waals surface area contributed by atoms with Gasteiger partial charge in [-0.25, -0.2) is 4.57 Å². The first-order valence-electron chi connectivity index (χ1n) is 31.5. The standard InChI is InChI=1S/C72H114NO8P/c1-6-8-10-12-14-16-18-20-22-24-26-28-29-30-31-32-33-34-35-36-37-38-39-40-41-42-43-45-47-49-51-53-55-57-59-61-63-65-72(75)81-70(69-80-82(76,77)79-67-66-73(3,4)5)68-78-71(74)64-62-60-58-56-54-52-50-48-46-44-27-25-23-21-19-17-15-13-11-9-7-2/h8-11,14-17,20-23,26-28,30-31,33-34,36-37,39-40,42-44,47-50,70H,6-7,12-13,18-19,24-25,29,32,35,38,41,45-46,51-69H2,1-5H3/p+1/b10-8-,11-9-,16-14-,17-15-,22-20-,23-21-,28-26-,31-30-,34-33-,37-36-,40-39-,43-42-,44-27-,49-47-,50-48-. The molecule has 0 aromatic rings. The van der Waals surface area contributed by atoms with E-state index in [9.17, 15) is 19.0 Å². The van der Waals surface area contributed by atoms with E-state index in [2.05, 4.69) is 196 Å². The summed E-state index contributed by atoms with van der Waals surface area (Å²) in [6.45, 7) is 4.13. The molecule has 0 amide bonds. The minimum absolute atomic E-state index is 0.0141. The first kappa shape index (κ1) is 77.1. The van der Waals surface area contributed by atoms with Crippen LogP contribution in [0.5, 0.6) is 0 Å². The maximum Gasteiger partial charge on any atom is 0.472 e. The summed E-state index contributed by atoms with van der Waals surface area (Å²) in [5.41, 5.74) is 0. The number of allylic oxidation sites excluding steroid dienone is 30. The molecule has 0 rings (SSSR count). The van der Waals surface area contributed by atoms with Crippen LogP contribution in [0, 0.1) is 0 Å². The van der Waals surface area contributed by atoms with Gasteiger partial charge in [-0.2, -0.15) is 0 Å². The van der Waals surface area contributed by atoms with Gasteiger partial charge in [0.1, 0.15) is 19.8 Å². The monoisotopic (exact) mass is 1150 g/mol. The fraction of sp³-hybridized carbons (Fsp3) is 0.556. The lowest BCUT2D eigenvalue weighted by atomic mass is 10.1. The number of rotatable bonds is 55. The van der Waals surface area contributed by atoms with E-state index >= 15 is 0 Å². The molecule has 2 unspecified atom stereocenters. The molecule has 0 fully saturated rings. The van der Waals surface area contributed by atoms with E-state index in [0.29, 0.717) is 23.9 Å². The number of likely N-dealkylation sites (N-methyl/N-ethyl adjacent to an activating group) is 1. The molecule has 0 bridgehead atoms. The summed E-state index contributed by atoms with van der Waals surface area (Å²) < 4.78 is 34.6. The van der Waals surface area contributed by atoms with Crippen LogP contribution in [-0.4, -0.2) is 74.9 Å². The Bertz CT molecular complexity index is 2030. The average Bonchev–Trinajstić information content (AvgIpc) is 3.46. The molecule has 0 spiro atoms. The Labute approximate surface area is 501 Å². The lowest BCUT2D eigenvalue weighted by Gasteiger charge is -2.24. The van der Waals surface area contributed by atoms with Crippen molar-refractivity contribution in [3.8, 4) is 0 Å². The van der Waals surface area contributed by atoms with Gasteiger partial charge in [0.15, 0.2) is 6.10 Å². The number of phosphoric ester groups is 1. The van der Waals surface area contributed by atoms with Gasteiger partial charge in [-0.15, -0.1) is 0 Å². The van der Waals surface area contributed by atoms with E-state index in [1.54, 1.807) is 0 Å². The molecule has 0 aliphatic heterocycles. The molecule has 2 atom stereocenters. The van der Waals surface area contributed by atoms with Gasteiger partial charge in [-0.3, -0.25) is 18.6 Å². The Morgan fingerprint density at radius 2 is 0.659 bits per heavy atom. The number of ether oxygens (including phenoxy) is 2. The SMILES string of the molecule is CC/C=C\C/C=C\C/C=C\C/C=C\C/C=C\C/C=C\C/C=C\C/C=C\C/C=C\C/C=C\CCCCCCCCC(=O)OC(COC(=O)CCCCCCC/C=C\C/C=C\C/C=C\C/C=C\C/C=C\CC)COP(=O)(O)OCC[N+](C)(C)C. The fourth-order valence-corrected chi connectivity index (χ4v) is 8.40. The van der Waals surface area contributed by atoms with Crippen molar-refractivity contribution >= 4 is 19.8 Å². The van der Waals surface area contributed by atoms with Gasteiger partial charge in [0.2, 0.25) is 0 Å². The molecule has 9 nitrogen and oxygen atoms in total. The number of phosphoric acid groups is 1. The first-order valence-corrected chi connectivity index (χ1v) is 33.0. The highest BCUT2D eigenvalue weighted by atomic mass is 31.2. The van der Waals surface area contributed by atoms with Gasteiger partial charge < -0.3 is 18.9 Å². The normalized spacial score (nSPS) is 14.5. The number of nitrogens with zero attached hydrogens (tertiary/aromatic N) is 1. The molecule has 0 saturated heterocycles. The van der Waals surface area contributed by atoms with Crippen molar-refractivity contribution in [1.82, 2.24) is 0 Å². The molecule has 0 saturated carbocycles. The second kappa shape index (κ2) is 60.7. The van der Waals surface area contributed by atoms with Crippen LogP contribution in [0.15, 0.2) is 182 Å². The molecule has 0 radical (unpaired) electrons. The van der Waals surface area contributed by atoms with Crippen LogP contribution >= 0.6 is 7.82 Å². The van der Waals surface area contributed by atoms with Gasteiger partial charge in [0.25, 0.3) is 0 Å². The number of unbranched alkanes of at least 4 members (excludes halogenated alkanes) is 11. The number of hydrogen-bond donors (Lipinski definition) is 1. The summed E-state index contributed by atoms with van der Waals surface area (Å²) in [5, 5.41) is 0. The second-order valence-electron chi connectivity index (χ2n) is 21.3. The van der Waals surface area contributed by atoms with Gasteiger partial charge in [0, 0.05) is 12.8 Å². The summed E-state index contributed by atoms with van der Waals surface area (Å²) in [5.74, 6) is -0.852. The lowest BCUT2D eigenvalue weighted by Crippen LogP contribution is -2.37. The third kappa shape index (κ3) is 64.3. The van der Waals surface area contributed by atoms with Crippen LogP contribution in [0.1, 0.15) is 206 Å². The molecule has 0 heterocycles. The fourth-order valence-electron chi connectivity index (χ4n) is 7.66. The van der Waals surface area contributed by atoms with Gasteiger partial charge in [-0.05, 0) is 135 Å². The zero-order valence-corrected chi connectivity index (χ0v) is 53.0. The number of carbonyl (C=O) groups excluding carboxylic acids is 2. The molecular weight excluding hydrogens is 1040 g/mol. The van der Waals surface area contributed by atoms with Gasteiger partial charge in [-0.1, -0.05) is 241 Å². The number of quaternary nitrogens is 1. The van der Waals surface area contributed by atoms with Crippen molar-refractivity contribution in [3.63, 3.8) is 0 Å². The van der Waals surface area contributed by atoms with Gasteiger partial charge >= 0.3 is 19.8 Å². The van der Waals surface area contributed by atoms with E-state index in [1.165, 1.54) is 0 Å². The van der Waals surface area contributed by atoms with E-state index in [1.807, 2.05) is 21.1 Å². The summed E-state index contributed by atoms with van der Waals surface area (Å²) in [7, 11) is 1.42. The molecular formula is C72H115NO8P+. The summed E-state index contributed by atoms with van der Waals surface area (Å²) in [6.07, 6.45) is 94.0. The van der Waals surface area contributed by atoms with E-state index in [4.69, 9.17) is 18.5 Å². The molecule has 460 valence electrons. The smallest absolute Gasteiger partial charge is 0.462 e. The average molecular weight is 1150 g/mol. The second-order valence-corrected chi connectivity index (χ2v) is 22.8. The molecule has 0 aliphatic rings. The quantitative estimate of drug-likeness (QED) is 0.0211. The summed E-state index contributed by atoms with van der Waals surface area (Å²) in [6, 6.07) is 0. The highest BCUT2D eigenvalue weighted by molar-refractivity contribution is 7.47. The molecule has 1 N–H and O–H groups in total. The molecule has 0 aromatic heterocycles. The maximum absolute atomic E-state index is 12.8. The molecule has 0 aromatic carbocycles. The largest absolute Gasteiger partial charge is 0.472 e. The Morgan fingerprint density at radius 1 is 0.378 bits per heavy atom. The highest BCUT2D eigenvalue weighted by Gasteiger charge is 2.27. The minimum Gasteiger partial charge on any atom is -0.462 e. The molecule has 0 aliphatic carbocycles. The maximum atomic E-state index is 12.8. The Hall–Kier alpha value is -4.89. The zero-order chi connectivity index (χ0) is 59.8. The Morgan fingerprint density at radius 3 is 0.976 bits per heavy atom. The third-order valence-electron chi connectivity index (χ3n) is 12.4. The molecule has 82 heavy (non-hydrogen) atoms. The van der Waals surface area contributed by atoms with Crippen LogP contribution in [0.2, 0.25) is 0 Å². The first-order chi connectivity index (χ1) is 40.0. The predicted octanol–water partition coefficient (Wildman–Crippen LogP) is 20.4. The Kier molecular flexibility index (Phi) is 57.1. The summed E-state index contributed by atoms with van der Waals surface area (Å²) >= 11 is 0. The zero-order valence-electron chi connectivity index (χ0n) is 52.1. The number of esters is 2. The third-order valence-corrected chi connectivity index (χ3v) is 13.4. The topological polar surface area (TPSA) is 108 Å². The Balaban J connectivity index is 4.24. The van der Waals surface area contributed by atoms with Crippen molar-refractivity contribution in [3.05, 3.63) is 182 Å². The van der Waals surface area contributed by atoms with Crippen molar-refractivity contribution in [2.45, 2.75) is 213 Å². The van der Waals surface area contributed by atoms with Crippen molar-refractivity contribution < 1.29 is 42.1 Å². The van der Waals surface area contributed by atoms with Crippen LogP contribution in [0.4, 0.5) is 0 Å². The lowest BCUT2D eigenvalue weighted by molar-refractivity contribution is -0.870. The predicted molar refractivity (Wildman–Crippen MR) is 352 cm³/mol. The van der Waals surface area contributed by atoms with Gasteiger partial charge in [0.05, 0.1) is 27.7 Å². The number of hydrogen-bond acceptors (Lipinski definition) is 7. The van der Waals surface area contributed by atoms with E-state index in [0.717, 1.165) is 167 Å². The van der Waals surface area contributed by atoms with E-state index < -0.39 is 32.5 Å². The minimum atomic E-state index is -4.41. The van der Waals surface area contributed by atoms with Crippen molar-refractivity contribution in [2.75, 3.05) is 47.5 Å². The van der Waals surface area contributed by atoms with Crippen LogP contribution in [0.25, 0.3) is 0 Å².